The van der Waals surface area contributed by atoms with Crippen LogP contribution in [0.25, 0.3) is 44.6 Å². The molecule has 2 amide bonds. The van der Waals surface area contributed by atoms with E-state index in [4.69, 9.17) is 37.1 Å². The van der Waals surface area contributed by atoms with Crippen LogP contribution < -0.4 is 27.0 Å². The van der Waals surface area contributed by atoms with E-state index < -0.39 is 93.5 Å². The molecule has 11 N–H and O–H groups in total. The van der Waals surface area contributed by atoms with Gasteiger partial charge < -0.3 is 46.0 Å². The van der Waals surface area contributed by atoms with Crippen LogP contribution in [-0.4, -0.2) is 119 Å². The molecule has 0 bridgehead atoms. The standard InChI is InChI=1S/C55H55ClN12O13S2/c1-59-54(74)55-25-37(55)43(44(69)49(55)70)68-28-62-42-50(61-26-29-11-10-12-31(56)23-29)63-40(64-51(42)68)14-7-3-2-6-13-32-27-67(66-65-32)22-9-5-4-8-21-60-52(71)30-15-16-33(36(24-30)53(72)73)41-34-17-19-38(57)47(82(75,76)77)45(34)81-46-35(41)18-20-39(58)48(46)83(78,79)80/h10-12,15-20,23-24,27-28,37,43-44,49,57,69-70H,2-6,8-9,13,21-22,25-26,58H2,1H3,(H,59,74)(H,60,71)(H,72,73)(H,61,63,64)(H,75,76,77)(H,78,79,80)/t37-,43-,44+,49+,55+/m1/s1. The van der Waals surface area contributed by atoms with Gasteiger partial charge in [0.25, 0.3) is 26.1 Å². The molecule has 0 spiro atoms. The number of hydrogen-bond acceptors (Lipinski definition) is 18. The van der Waals surface area contributed by atoms with Crippen LogP contribution >= 0.6 is 11.6 Å². The molecule has 2 fully saturated rings. The van der Waals surface area contributed by atoms with Gasteiger partial charge in [-0.05, 0) is 104 Å². The van der Waals surface area contributed by atoms with Crippen LogP contribution in [0.5, 0.6) is 0 Å². The fourth-order valence-corrected chi connectivity index (χ4v) is 12.8. The predicted octanol–water partition coefficient (Wildman–Crippen LogP) is 5.24. The molecular weight excluding hydrogens is 1140 g/mol. The van der Waals surface area contributed by atoms with Crippen molar-refractivity contribution < 1.29 is 60.1 Å². The lowest BCUT2D eigenvalue weighted by Crippen LogP contribution is -2.41. The molecule has 4 heterocycles. The van der Waals surface area contributed by atoms with Crippen LogP contribution in [0.2, 0.25) is 5.02 Å². The molecule has 28 heteroatoms. The smallest absolute Gasteiger partial charge is 0.336 e. The van der Waals surface area contributed by atoms with Gasteiger partial charge in [0, 0.05) is 72.3 Å². The van der Waals surface area contributed by atoms with Crippen LogP contribution in [0.15, 0.2) is 93.5 Å². The van der Waals surface area contributed by atoms with Crippen molar-refractivity contribution in [3.05, 3.63) is 118 Å². The minimum absolute atomic E-state index is 0.0348. The number of fused-ring (bicyclic) bond motifs is 4. The van der Waals surface area contributed by atoms with Gasteiger partial charge in [-0.1, -0.05) is 53.8 Å². The largest absolute Gasteiger partial charge is 0.478 e. The van der Waals surface area contributed by atoms with Crippen molar-refractivity contribution >= 4 is 83.3 Å². The number of imidazole rings is 1. The monoisotopic (exact) mass is 1190 g/mol. The zero-order chi connectivity index (χ0) is 59.1. The summed E-state index contributed by atoms with van der Waals surface area (Å²) in [6, 6.07) is 15.1. The van der Waals surface area contributed by atoms with Crippen LogP contribution in [0.3, 0.4) is 0 Å². The Balaban J connectivity index is 0.716. The van der Waals surface area contributed by atoms with Crippen molar-refractivity contribution in [2.75, 3.05) is 24.6 Å². The number of amides is 2. The normalized spacial score (nSPS) is 18.4. The summed E-state index contributed by atoms with van der Waals surface area (Å²) in [7, 11) is -8.86. The van der Waals surface area contributed by atoms with Gasteiger partial charge in [-0.15, -0.1) is 5.10 Å². The number of aryl methyl sites for hydroxylation is 2. The number of benzene rings is 4. The maximum absolute atomic E-state index is 13.3. The molecule has 3 aromatic heterocycles. The molecule has 83 heavy (non-hydrogen) atoms. The van der Waals surface area contributed by atoms with Crippen molar-refractivity contribution in [2.24, 2.45) is 11.3 Å². The van der Waals surface area contributed by atoms with E-state index in [0.717, 1.165) is 61.6 Å². The number of anilines is 2. The first-order chi connectivity index (χ1) is 39.6. The summed E-state index contributed by atoms with van der Waals surface area (Å²) in [6.07, 6.45) is 7.10. The lowest BCUT2D eigenvalue weighted by molar-refractivity contribution is -0.132. The molecular formula is C55H55ClN12O13S2. The van der Waals surface area contributed by atoms with E-state index in [1.54, 1.807) is 21.6 Å². The molecule has 2 saturated carbocycles. The number of nitrogen functional groups attached to an aromatic ring is 1. The molecule has 1 aliphatic heterocycles. The minimum atomic E-state index is -5.21. The fourth-order valence-electron chi connectivity index (χ4n) is 11.1. The maximum atomic E-state index is 13.3. The summed E-state index contributed by atoms with van der Waals surface area (Å²) >= 11 is 6.24. The Morgan fingerprint density at radius 2 is 1.71 bits per heavy atom. The van der Waals surface area contributed by atoms with Gasteiger partial charge in [-0.2, -0.15) is 16.8 Å². The number of nitrogens with zero attached hydrogens (tertiary/aromatic N) is 7. The maximum Gasteiger partial charge on any atom is 0.336 e. The molecule has 432 valence electrons. The number of aliphatic hydroxyl groups excluding tert-OH is 2. The van der Waals surface area contributed by atoms with Crippen molar-refractivity contribution in [1.29, 1.82) is 5.41 Å². The summed E-state index contributed by atoms with van der Waals surface area (Å²) < 4.78 is 79.6. The number of aromatic nitrogens is 7. The summed E-state index contributed by atoms with van der Waals surface area (Å²) in [4.78, 5) is 51.1. The quantitative estimate of drug-likeness (QED) is 0.0145. The third-order valence-electron chi connectivity index (χ3n) is 15.1. The minimum Gasteiger partial charge on any atom is -0.478 e. The Morgan fingerprint density at radius 3 is 2.46 bits per heavy atom. The average molecular weight is 1190 g/mol. The van der Waals surface area contributed by atoms with Crippen molar-refractivity contribution in [3.8, 4) is 34.3 Å². The molecule has 0 radical (unpaired) electrons. The molecule has 4 aliphatic rings. The number of carboxylic acids is 1. The van der Waals surface area contributed by atoms with E-state index in [-0.39, 0.29) is 51.8 Å². The third-order valence-corrected chi connectivity index (χ3v) is 17.2. The molecule has 25 nitrogen and oxygen atoms in total. The zero-order valence-corrected chi connectivity index (χ0v) is 46.6. The van der Waals surface area contributed by atoms with E-state index in [1.165, 1.54) is 31.3 Å². The molecule has 0 saturated heterocycles. The molecule has 6 aromatic rings. The number of aromatic carboxylic acids is 1. The molecule has 3 aliphatic carbocycles. The van der Waals surface area contributed by atoms with Crippen molar-refractivity contribution in [2.45, 2.75) is 98.9 Å². The Bertz CT molecular complexity index is 4240. The lowest BCUT2D eigenvalue weighted by atomic mass is 9.89. The molecule has 3 aromatic carbocycles. The topological polar surface area (TPSA) is 394 Å². The highest BCUT2D eigenvalue weighted by Gasteiger charge is 2.75. The molecule has 10 rings (SSSR count). The van der Waals surface area contributed by atoms with E-state index in [9.17, 15) is 55.6 Å². The summed E-state index contributed by atoms with van der Waals surface area (Å²) in [5, 5.41) is 57.9. The second kappa shape index (κ2) is 23.1. The Morgan fingerprint density at radius 1 is 0.940 bits per heavy atom. The molecule has 5 atom stereocenters. The molecule has 0 unspecified atom stereocenters. The van der Waals surface area contributed by atoms with E-state index in [2.05, 4.69) is 43.1 Å². The third kappa shape index (κ3) is 11.5. The first kappa shape index (κ1) is 57.9. The second-order valence-electron chi connectivity index (χ2n) is 20.4. The summed E-state index contributed by atoms with van der Waals surface area (Å²) in [5.74, 6) is 3.47. The number of nitrogens with two attached hydrogens (primary N) is 1. The average Bonchev–Trinajstić information content (AvgIpc) is 1.58. The Kier molecular flexibility index (Phi) is 16.1. The van der Waals surface area contributed by atoms with E-state index in [0.29, 0.717) is 60.8 Å². The predicted molar refractivity (Wildman–Crippen MR) is 300 cm³/mol. The highest BCUT2D eigenvalue weighted by atomic mass is 35.5. The van der Waals surface area contributed by atoms with Gasteiger partial charge in [-0.25, -0.2) is 19.7 Å². The second-order valence-corrected chi connectivity index (χ2v) is 23.5. The van der Waals surface area contributed by atoms with E-state index >= 15 is 0 Å². The Labute approximate surface area is 478 Å². The number of nitrogens with one attached hydrogen (secondary N) is 4. The SMILES string of the molecule is CNC(=O)[C@@]12C[C@@H]1[C@@H](n1cnc3c(NCc4cccc(Cl)c4)nc(C#CCCCCc4cn(CCCCCCNC(=O)c5ccc(-c6c7ccc(=N)c(S(=O)(=O)O)c-7oc7c(S(=O)(=O)O)c(N)ccc67)c(C(=O)O)c5)nn4)nc31)[C@H](O)[C@@H]2O. The highest BCUT2D eigenvalue weighted by molar-refractivity contribution is 7.86. The number of carbonyl (C=O) groups is 3. The van der Waals surface area contributed by atoms with Crippen LogP contribution in [-0.2, 0) is 44.5 Å². The lowest BCUT2D eigenvalue weighted by Gasteiger charge is -2.23. The van der Waals surface area contributed by atoms with Gasteiger partial charge in [0.2, 0.25) is 11.7 Å². The number of carbonyl (C=O) groups excluding carboxylic acids is 2. The van der Waals surface area contributed by atoms with Crippen molar-refractivity contribution in [3.63, 3.8) is 0 Å². The van der Waals surface area contributed by atoms with Crippen molar-refractivity contribution in [1.82, 2.24) is 45.1 Å². The van der Waals surface area contributed by atoms with Crippen LogP contribution in [0.1, 0.15) is 95.2 Å². The first-order valence-corrected chi connectivity index (χ1v) is 29.5. The number of carboxylic acid groups (broad SMARTS) is 1. The van der Waals surface area contributed by atoms with Gasteiger partial charge in [0.05, 0.1) is 46.2 Å². The number of rotatable bonds is 21. The number of hydrogen-bond donors (Lipinski definition) is 10. The fraction of sp³-hybridized carbons (Fsp3) is 0.327. The first-order valence-electron chi connectivity index (χ1n) is 26.3. The van der Waals surface area contributed by atoms with E-state index in [1.807, 2.05) is 24.4 Å². The van der Waals surface area contributed by atoms with Crippen LogP contribution in [0.4, 0.5) is 11.5 Å². The van der Waals surface area contributed by atoms with Gasteiger partial charge in [0.15, 0.2) is 38.1 Å². The van der Waals surface area contributed by atoms with Gasteiger partial charge >= 0.3 is 5.97 Å². The Hall–Kier alpha value is -8.36. The zero-order valence-electron chi connectivity index (χ0n) is 44.2. The highest BCUT2D eigenvalue weighted by Crippen LogP contribution is 2.68. The summed E-state index contributed by atoms with van der Waals surface area (Å²) in [6.45, 7) is 1.26. The van der Waals surface area contributed by atoms with Crippen LogP contribution in [0, 0.1) is 28.6 Å². The van der Waals surface area contributed by atoms with Gasteiger partial charge in [0.1, 0.15) is 6.10 Å². The number of aliphatic hydroxyl groups is 2. The number of halogens is 1. The number of unbranched alkanes of at least 4 members (excludes halogenated alkanes) is 5. The van der Waals surface area contributed by atoms with Gasteiger partial charge in [-0.3, -0.25) is 28.8 Å². The summed E-state index contributed by atoms with van der Waals surface area (Å²) in [5.41, 5.74) is 5.33.